The van der Waals surface area contributed by atoms with Crippen LogP contribution >= 0.6 is 0 Å². The third kappa shape index (κ3) is 5.36. The van der Waals surface area contributed by atoms with E-state index in [4.69, 9.17) is 16.5 Å². The molecule has 92 valence electrons. The molecule has 0 N–H and O–H groups in total. The van der Waals surface area contributed by atoms with Gasteiger partial charge >= 0.3 is 6.09 Å². The van der Waals surface area contributed by atoms with E-state index in [0.717, 1.165) is 10.6 Å². The van der Waals surface area contributed by atoms with Gasteiger partial charge in [0.05, 0.1) is 0 Å². The number of amides is 1. The van der Waals surface area contributed by atoms with Crippen LogP contribution in [0.4, 0.5) is 4.79 Å². The first-order valence-electron chi connectivity index (χ1n) is 5.31. The van der Waals surface area contributed by atoms with E-state index in [1.54, 1.807) is 13.8 Å². The first-order chi connectivity index (χ1) is 7.88. The van der Waals surface area contributed by atoms with E-state index in [-0.39, 0.29) is 0 Å². The molecular weight excluding hydrogens is 218 g/mol. The molecule has 1 rings (SSSR count). The summed E-state index contributed by atoms with van der Waals surface area (Å²) < 4.78 is 4.93. The molecule has 0 aliphatic heterocycles. The summed E-state index contributed by atoms with van der Waals surface area (Å²) >= 11 is 0. The van der Waals surface area contributed by atoms with Crippen LogP contribution in [0.25, 0.3) is 0 Å². The molecule has 0 unspecified atom stereocenters. The van der Waals surface area contributed by atoms with E-state index in [0.29, 0.717) is 6.61 Å². The van der Waals surface area contributed by atoms with Crippen molar-refractivity contribution in [2.75, 3.05) is 7.05 Å². The van der Waals surface area contributed by atoms with Crippen molar-refractivity contribution in [1.29, 1.82) is 0 Å². The molecule has 0 aromatic heterocycles. The van der Waals surface area contributed by atoms with Crippen LogP contribution < -0.4 is 0 Å². The highest BCUT2D eigenvalue weighted by Gasteiger charge is 2.20. The number of ether oxygens (including phenoxy) is 1. The molecule has 0 saturated heterocycles. The van der Waals surface area contributed by atoms with Gasteiger partial charge in [0.1, 0.15) is 12.2 Å². The smallest absolute Gasteiger partial charge is 0.434 e. The van der Waals surface area contributed by atoms with Gasteiger partial charge in [-0.2, -0.15) is 5.06 Å². The Bertz CT molecular complexity index is 357. The lowest BCUT2D eigenvalue weighted by Crippen LogP contribution is -2.34. The molecule has 0 spiro atoms. The summed E-state index contributed by atoms with van der Waals surface area (Å²) in [5.74, 6) is 0. The Labute approximate surface area is 102 Å². The maximum atomic E-state index is 11.5. The molecule has 0 aliphatic rings. The van der Waals surface area contributed by atoms with Gasteiger partial charge < -0.3 is 4.74 Å². The minimum Gasteiger partial charge on any atom is -0.442 e. The van der Waals surface area contributed by atoms with Gasteiger partial charge in [-0.25, -0.2) is 4.79 Å². The SMILES string of the molecule is [CH]C(C)(C)OC(=O)N(C)OCc1ccccc1. The number of hydrogen-bond acceptors (Lipinski definition) is 3. The van der Waals surface area contributed by atoms with Crippen LogP contribution in [0.1, 0.15) is 19.4 Å². The summed E-state index contributed by atoms with van der Waals surface area (Å²) in [5.41, 5.74) is -0.0410. The number of nitrogens with zero attached hydrogens (tertiary/aromatic N) is 1. The van der Waals surface area contributed by atoms with E-state index >= 15 is 0 Å². The predicted octanol–water partition coefficient (Wildman–Crippen LogP) is 2.68. The van der Waals surface area contributed by atoms with E-state index < -0.39 is 11.7 Å². The molecule has 0 heterocycles. The van der Waals surface area contributed by atoms with E-state index in [1.807, 2.05) is 30.3 Å². The molecular formula is C13H17NO3. The second-order valence-electron chi connectivity index (χ2n) is 4.23. The fourth-order valence-corrected chi connectivity index (χ4v) is 1.09. The Kier molecular flexibility index (Phi) is 4.52. The third-order valence-corrected chi connectivity index (χ3v) is 1.88. The lowest BCUT2D eigenvalue weighted by atomic mass is 10.2. The van der Waals surface area contributed by atoms with Crippen molar-refractivity contribution in [1.82, 2.24) is 5.06 Å². The summed E-state index contributed by atoms with van der Waals surface area (Å²) in [6, 6.07) is 9.54. The Morgan fingerprint density at radius 3 is 2.47 bits per heavy atom. The minimum atomic E-state index is -1.01. The van der Waals surface area contributed by atoms with Gasteiger partial charge in [0, 0.05) is 14.0 Å². The number of rotatable bonds is 4. The maximum Gasteiger partial charge on any atom is 0.434 e. The van der Waals surface area contributed by atoms with Crippen molar-refractivity contribution in [2.24, 2.45) is 0 Å². The van der Waals surface area contributed by atoms with Crippen LogP contribution in [0.2, 0.25) is 0 Å². The quantitative estimate of drug-likeness (QED) is 0.753. The van der Waals surface area contributed by atoms with Crippen LogP contribution in [0, 0.1) is 6.92 Å². The van der Waals surface area contributed by atoms with Gasteiger partial charge in [0.15, 0.2) is 0 Å². The number of hydroxylamine groups is 2. The topological polar surface area (TPSA) is 38.8 Å². The van der Waals surface area contributed by atoms with Crippen molar-refractivity contribution in [3.05, 3.63) is 42.8 Å². The lowest BCUT2D eigenvalue weighted by Gasteiger charge is -2.23. The Hall–Kier alpha value is -1.55. The number of carbonyl (C=O) groups excluding carboxylic acids is 1. The molecule has 1 aromatic rings. The molecule has 2 radical (unpaired) electrons. The van der Waals surface area contributed by atoms with Crippen molar-refractivity contribution >= 4 is 6.09 Å². The fraction of sp³-hybridized carbons (Fsp3) is 0.385. The Morgan fingerprint density at radius 1 is 1.35 bits per heavy atom. The average molecular weight is 235 g/mol. The fourth-order valence-electron chi connectivity index (χ4n) is 1.09. The van der Waals surface area contributed by atoms with Crippen LogP contribution in [0.15, 0.2) is 30.3 Å². The largest absolute Gasteiger partial charge is 0.442 e. The standard InChI is InChI=1S/C13H17NO3/c1-13(2,3)17-12(15)14(4)16-10-11-8-6-5-7-9-11/h1,5-9H,10H2,2-4H3. The van der Waals surface area contributed by atoms with Crippen LogP contribution in [0.5, 0.6) is 0 Å². The molecule has 17 heavy (non-hydrogen) atoms. The molecule has 0 fully saturated rings. The first-order valence-corrected chi connectivity index (χ1v) is 5.31. The van der Waals surface area contributed by atoms with Gasteiger partial charge in [-0.1, -0.05) is 30.3 Å². The number of hydrogen-bond donors (Lipinski definition) is 0. The van der Waals surface area contributed by atoms with E-state index in [9.17, 15) is 4.79 Å². The van der Waals surface area contributed by atoms with Crippen molar-refractivity contribution in [3.63, 3.8) is 0 Å². The highest BCUT2D eigenvalue weighted by atomic mass is 16.7. The monoisotopic (exact) mass is 235 g/mol. The van der Waals surface area contributed by atoms with E-state index in [2.05, 4.69) is 0 Å². The molecule has 1 aromatic carbocycles. The molecule has 1 amide bonds. The molecule has 4 heteroatoms. The lowest BCUT2D eigenvalue weighted by molar-refractivity contribution is -0.138. The van der Waals surface area contributed by atoms with Crippen molar-refractivity contribution in [3.8, 4) is 0 Å². The molecule has 4 nitrogen and oxygen atoms in total. The van der Waals surface area contributed by atoms with Gasteiger partial charge in [0.2, 0.25) is 0 Å². The summed E-state index contributed by atoms with van der Waals surface area (Å²) in [4.78, 5) is 16.7. The Morgan fingerprint density at radius 2 is 1.94 bits per heavy atom. The predicted molar refractivity (Wildman–Crippen MR) is 63.9 cm³/mol. The zero-order valence-corrected chi connectivity index (χ0v) is 10.3. The van der Waals surface area contributed by atoms with Gasteiger partial charge in [-0.15, -0.1) is 0 Å². The second-order valence-corrected chi connectivity index (χ2v) is 4.23. The zero-order chi connectivity index (χ0) is 12.9. The molecule has 0 bridgehead atoms. The normalized spacial score (nSPS) is 11.1. The van der Waals surface area contributed by atoms with Gasteiger partial charge in [-0.3, -0.25) is 4.84 Å². The van der Waals surface area contributed by atoms with Crippen molar-refractivity contribution < 1.29 is 14.4 Å². The maximum absolute atomic E-state index is 11.5. The second kappa shape index (κ2) is 5.68. The summed E-state index contributed by atoms with van der Waals surface area (Å²) in [6.45, 7) is 9.05. The average Bonchev–Trinajstić information content (AvgIpc) is 2.25. The van der Waals surface area contributed by atoms with E-state index in [1.165, 1.54) is 7.05 Å². The molecule has 0 aliphatic carbocycles. The summed E-state index contributed by atoms with van der Waals surface area (Å²) in [5, 5.41) is 1.03. The first kappa shape index (κ1) is 13.5. The van der Waals surface area contributed by atoms with Crippen LogP contribution in [0.3, 0.4) is 0 Å². The van der Waals surface area contributed by atoms with Gasteiger partial charge in [-0.05, 0) is 19.4 Å². The third-order valence-electron chi connectivity index (χ3n) is 1.88. The van der Waals surface area contributed by atoms with Crippen molar-refractivity contribution in [2.45, 2.75) is 26.1 Å². The number of carbonyl (C=O) groups is 1. The number of benzene rings is 1. The molecule has 0 saturated carbocycles. The molecule has 0 atom stereocenters. The Balaban J connectivity index is 2.40. The highest BCUT2D eigenvalue weighted by Crippen LogP contribution is 2.09. The summed E-state index contributed by atoms with van der Waals surface area (Å²) in [7, 11) is 1.48. The zero-order valence-electron chi connectivity index (χ0n) is 10.3. The van der Waals surface area contributed by atoms with Gasteiger partial charge in [0.25, 0.3) is 0 Å². The summed E-state index contributed by atoms with van der Waals surface area (Å²) in [6.07, 6.45) is -0.617. The van der Waals surface area contributed by atoms with Crippen LogP contribution in [-0.4, -0.2) is 23.8 Å². The van der Waals surface area contributed by atoms with Crippen LogP contribution in [-0.2, 0) is 16.2 Å². The highest BCUT2D eigenvalue weighted by molar-refractivity contribution is 5.66. The minimum absolute atomic E-state index is 0.303.